The Morgan fingerprint density at radius 3 is 2.35 bits per heavy atom. The number of thiazole rings is 1. The van der Waals surface area contributed by atoms with Crippen molar-refractivity contribution >= 4 is 63.9 Å². The van der Waals surface area contributed by atoms with Crippen LogP contribution in [0.5, 0.6) is 11.5 Å². The first kappa shape index (κ1) is 33.6. The molecule has 0 spiro atoms. The van der Waals surface area contributed by atoms with Crippen LogP contribution in [0.2, 0.25) is 15.1 Å². The van der Waals surface area contributed by atoms with Crippen molar-refractivity contribution in [3.05, 3.63) is 154 Å². The maximum Gasteiger partial charge on any atom is 0.338 e. The van der Waals surface area contributed by atoms with Gasteiger partial charge >= 0.3 is 5.97 Å². The highest BCUT2D eigenvalue weighted by Crippen LogP contribution is 2.36. The molecule has 48 heavy (non-hydrogen) atoms. The number of hydrogen-bond acceptors (Lipinski definition) is 7. The second-order valence-corrected chi connectivity index (χ2v) is 12.9. The minimum atomic E-state index is -0.800. The van der Waals surface area contributed by atoms with Crippen LogP contribution in [0.3, 0.4) is 0 Å². The second kappa shape index (κ2) is 14.8. The number of carbonyl (C=O) groups is 1. The summed E-state index contributed by atoms with van der Waals surface area (Å²) in [6.45, 7) is 4.46. The minimum absolute atomic E-state index is 0.164. The van der Waals surface area contributed by atoms with E-state index in [1.807, 2.05) is 67.6 Å². The van der Waals surface area contributed by atoms with E-state index in [9.17, 15) is 9.59 Å². The van der Waals surface area contributed by atoms with E-state index < -0.39 is 12.0 Å². The zero-order valence-electron chi connectivity index (χ0n) is 25.9. The molecule has 0 saturated carbocycles. The zero-order chi connectivity index (χ0) is 33.8. The lowest BCUT2D eigenvalue weighted by molar-refractivity contribution is -0.138. The molecule has 1 aromatic heterocycles. The van der Waals surface area contributed by atoms with Crippen molar-refractivity contribution in [1.29, 1.82) is 0 Å². The molecular formula is C37H29Cl3N2O5S. The fourth-order valence-electron chi connectivity index (χ4n) is 5.34. The summed E-state index contributed by atoms with van der Waals surface area (Å²) in [6.07, 6.45) is 1.78. The van der Waals surface area contributed by atoms with Crippen molar-refractivity contribution in [3.63, 3.8) is 0 Å². The molecule has 0 aliphatic carbocycles. The monoisotopic (exact) mass is 718 g/mol. The summed E-state index contributed by atoms with van der Waals surface area (Å²) in [6, 6.07) is 26.5. The summed E-state index contributed by atoms with van der Waals surface area (Å²) in [5.41, 5.74) is 3.42. The summed E-state index contributed by atoms with van der Waals surface area (Å²) in [5.74, 6) is 0.511. The molecule has 7 nitrogen and oxygen atoms in total. The first-order valence-corrected chi connectivity index (χ1v) is 17.1. The fraction of sp³-hybridized carbons (Fsp3) is 0.162. The quantitative estimate of drug-likeness (QED) is 0.137. The first-order chi connectivity index (χ1) is 23.3. The van der Waals surface area contributed by atoms with E-state index in [-0.39, 0.29) is 24.3 Å². The predicted molar refractivity (Wildman–Crippen MR) is 191 cm³/mol. The van der Waals surface area contributed by atoms with Gasteiger partial charge in [-0.25, -0.2) is 9.79 Å². The molecule has 1 atom stereocenters. The number of ether oxygens (including phenoxy) is 3. The van der Waals surface area contributed by atoms with Gasteiger partial charge in [0.15, 0.2) is 16.3 Å². The van der Waals surface area contributed by atoms with Gasteiger partial charge in [-0.05, 0) is 73.0 Å². The summed E-state index contributed by atoms with van der Waals surface area (Å²) in [5, 5.41) is 1.45. The third kappa shape index (κ3) is 7.08. The van der Waals surface area contributed by atoms with Gasteiger partial charge in [0, 0.05) is 10.6 Å². The third-order valence-corrected chi connectivity index (χ3v) is 9.48. The van der Waals surface area contributed by atoms with Gasteiger partial charge in [-0.2, -0.15) is 0 Å². The summed E-state index contributed by atoms with van der Waals surface area (Å²) >= 11 is 19.7. The highest BCUT2D eigenvalue weighted by molar-refractivity contribution is 7.07. The van der Waals surface area contributed by atoms with E-state index in [0.29, 0.717) is 53.8 Å². The Kier molecular flexibility index (Phi) is 10.4. The number of halogens is 3. The normalized spacial score (nSPS) is 14.4. The number of benzene rings is 4. The Morgan fingerprint density at radius 2 is 1.65 bits per heavy atom. The molecule has 2 heterocycles. The van der Waals surface area contributed by atoms with Crippen molar-refractivity contribution in [2.45, 2.75) is 26.5 Å². The Morgan fingerprint density at radius 1 is 0.875 bits per heavy atom. The highest BCUT2D eigenvalue weighted by Gasteiger charge is 2.35. The molecule has 0 fully saturated rings. The lowest BCUT2D eigenvalue weighted by atomic mass is 9.93. The van der Waals surface area contributed by atoms with Gasteiger partial charge in [-0.3, -0.25) is 9.36 Å². The van der Waals surface area contributed by atoms with Crippen LogP contribution < -0.4 is 24.4 Å². The summed E-state index contributed by atoms with van der Waals surface area (Å²) in [7, 11) is 0. The average molecular weight is 720 g/mol. The van der Waals surface area contributed by atoms with Crippen molar-refractivity contribution < 1.29 is 19.0 Å². The molecule has 0 radical (unpaired) electrons. The topological polar surface area (TPSA) is 79.1 Å². The Hall–Kier alpha value is -4.34. The predicted octanol–water partition coefficient (Wildman–Crippen LogP) is 7.87. The molecule has 0 N–H and O–H groups in total. The van der Waals surface area contributed by atoms with E-state index in [1.54, 1.807) is 47.9 Å². The number of aromatic nitrogens is 1. The number of carbonyl (C=O) groups excluding carboxylic acids is 1. The van der Waals surface area contributed by atoms with E-state index in [0.717, 1.165) is 16.7 Å². The van der Waals surface area contributed by atoms with Crippen LogP contribution in [0.4, 0.5) is 0 Å². The number of hydrogen-bond donors (Lipinski definition) is 0. The van der Waals surface area contributed by atoms with Crippen LogP contribution in [0.15, 0.2) is 106 Å². The standard InChI is InChI=1S/C37H29Cl3N2O5S/c1-3-45-30-19-22(11-17-29(30)47-21-23-10-16-27(39)28(40)18-23)20-31-35(43)42-34(25-12-14-26(38)15-13-25)32(36(44)46-4-2)33(41-37(42)48-31)24-8-6-5-7-9-24/h5-20,34H,3-4,21H2,1-2H3/b31-20-/t34-/m0/s1. The SMILES string of the molecule is CCOC(=O)C1=C(c2ccccc2)N=c2s/c(=C\c3ccc(OCc4ccc(Cl)c(Cl)c4)c(OCC)c3)c(=O)n2[C@H]1c1ccc(Cl)cc1. The van der Waals surface area contributed by atoms with E-state index in [1.165, 1.54) is 11.3 Å². The van der Waals surface area contributed by atoms with Crippen LogP contribution in [0.1, 0.15) is 42.1 Å². The van der Waals surface area contributed by atoms with E-state index in [2.05, 4.69) is 0 Å². The number of nitrogens with zero attached hydrogens (tertiary/aromatic N) is 2. The number of rotatable bonds is 10. The lowest BCUT2D eigenvalue weighted by Gasteiger charge is -2.25. The zero-order valence-corrected chi connectivity index (χ0v) is 29.0. The Bertz CT molecular complexity index is 2200. The highest BCUT2D eigenvalue weighted by atomic mass is 35.5. The summed E-state index contributed by atoms with van der Waals surface area (Å²) < 4.78 is 19.5. The molecule has 0 saturated heterocycles. The summed E-state index contributed by atoms with van der Waals surface area (Å²) in [4.78, 5) is 33.2. The first-order valence-electron chi connectivity index (χ1n) is 15.1. The number of fused-ring (bicyclic) bond motifs is 1. The van der Waals surface area contributed by atoms with Gasteiger partial charge in [0.25, 0.3) is 5.56 Å². The Labute approximate surface area is 295 Å². The van der Waals surface area contributed by atoms with Gasteiger partial charge in [0.2, 0.25) is 0 Å². The molecule has 0 bridgehead atoms. The fourth-order valence-corrected chi connectivity index (χ4v) is 6.79. The van der Waals surface area contributed by atoms with Gasteiger partial charge in [-0.15, -0.1) is 0 Å². The van der Waals surface area contributed by atoms with E-state index >= 15 is 0 Å². The van der Waals surface area contributed by atoms with Gasteiger partial charge in [0.05, 0.1) is 45.1 Å². The third-order valence-electron chi connectivity index (χ3n) is 7.50. The molecule has 244 valence electrons. The van der Waals surface area contributed by atoms with Gasteiger partial charge < -0.3 is 14.2 Å². The molecular weight excluding hydrogens is 691 g/mol. The molecule has 5 aromatic rings. The molecule has 6 rings (SSSR count). The van der Waals surface area contributed by atoms with Crippen molar-refractivity contribution in [2.75, 3.05) is 13.2 Å². The maximum absolute atomic E-state index is 14.2. The minimum Gasteiger partial charge on any atom is -0.490 e. The Balaban J connectivity index is 1.46. The molecule has 0 amide bonds. The number of esters is 1. The van der Waals surface area contributed by atoms with Crippen molar-refractivity contribution in [3.8, 4) is 11.5 Å². The second-order valence-electron chi connectivity index (χ2n) is 10.7. The van der Waals surface area contributed by atoms with Crippen LogP contribution in [-0.2, 0) is 16.1 Å². The van der Waals surface area contributed by atoms with E-state index in [4.69, 9.17) is 54.0 Å². The van der Waals surface area contributed by atoms with Crippen LogP contribution in [-0.4, -0.2) is 23.8 Å². The molecule has 1 aliphatic heterocycles. The molecule has 11 heteroatoms. The van der Waals surface area contributed by atoms with Crippen LogP contribution >= 0.6 is 46.1 Å². The molecule has 4 aromatic carbocycles. The van der Waals surface area contributed by atoms with Crippen molar-refractivity contribution in [1.82, 2.24) is 4.57 Å². The maximum atomic E-state index is 14.2. The van der Waals surface area contributed by atoms with Crippen molar-refractivity contribution in [2.24, 2.45) is 4.99 Å². The average Bonchev–Trinajstić information content (AvgIpc) is 3.40. The van der Waals surface area contributed by atoms with Gasteiger partial charge in [-0.1, -0.05) is 101 Å². The smallest absolute Gasteiger partial charge is 0.338 e. The van der Waals surface area contributed by atoms with Crippen LogP contribution in [0, 0.1) is 0 Å². The molecule has 0 unspecified atom stereocenters. The lowest BCUT2D eigenvalue weighted by Crippen LogP contribution is -2.40. The van der Waals surface area contributed by atoms with Crippen LogP contribution in [0.25, 0.3) is 11.8 Å². The largest absolute Gasteiger partial charge is 0.490 e. The van der Waals surface area contributed by atoms with Gasteiger partial charge in [0.1, 0.15) is 6.61 Å². The molecule has 1 aliphatic rings.